The van der Waals surface area contributed by atoms with E-state index in [9.17, 15) is 9.59 Å². The SMILES string of the molecule is CCCCC(=O)NN=C(C)CC(=O)Nc1ccccn1. The van der Waals surface area contributed by atoms with Crippen molar-refractivity contribution in [2.45, 2.75) is 39.5 Å². The normalized spacial score (nSPS) is 11.0. The average molecular weight is 276 g/mol. The molecule has 0 saturated heterocycles. The van der Waals surface area contributed by atoms with Gasteiger partial charge in [0.05, 0.1) is 6.42 Å². The van der Waals surface area contributed by atoms with E-state index < -0.39 is 0 Å². The molecule has 2 N–H and O–H groups in total. The number of nitrogens with zero attached hydrogens (tertiary/aromatic N) is 2. The smallest absolute Gasteiger partial charge is 0.240 e. The Morgan fingerprint density at radius 1 is 1.30 bits per heavy atom. The first-order valence-corrected chi connectivity index (χ1v) is 6.64. The van der Waals surface area contributed by atoms with Crippen LogP contribution >= 0.6 is 0 Å². The van der Waals surface area contributed by atoms with E-state index in [1.807, 2.05) is 6.92 Å². The topological polar surface area (TPSA) is 83.5 Å². The summed E-state index contributed by atoms with van der Waals surface area (Å²) < 4.78 is 0. The molecule has 2 amide bonds. The zero-order valence-corrected chi connectivity index (χ0v) is 11.8. The lowest BCUT2D eigenvalue weighted by molar-refractivity contribution is -0.121. The molecule has 1 rings (SSSR count). The highest BCUT2D eigenvalue weighted by Crippen LogP contribution is 2.01. The van der Waals surface area contributed by atoms with E-state index in [2.05, 4.69) is 20.8 Å². The fourth-order valence-corrected chi connectivity index (χ4v) is 1.45. The van der Waals surface area contributed by atoms with E-state index in [1.165, 1.54) is 0 Å². The molecule has 0 unspecified atom stereocenters. The van der Waals surface area contributed by atoms with Crippen LogP contribution in [-0.2, 0) is 9.59 Å². The van der Waals surface area contributed by atoms with Crippen LogP contribution in [0.25, 0.3) is 0 Å². The number of amides is 2. The Balaban J connectivity index is 2.35. The highest BCUT2D eigenvalue weighted by Gasteiger charge is 2.05. The minimum Gasteiger partial charge on any atom is -0.310 e. The Bertz CT molecular complexity index is 471. The molecule has 1 aromatic heterocycles. The fourth-order valence-electron chi connectivity index (χ4n) is 1.45. The van der Waals surface area contributed by atoms with Gasteiger partial charge in [0, 0.05) is 18.3 Å². The predicted octanol–water partition coefficient (Wildman–Crippen LogP) is 2.09. The standard InChI is InChI=1S/C14H20N4O2/c1-3-4-8-13(19)18-17-11(2)10-14(20)16-12-7-5-6-9-15-12/h5-7,9H,3-4,8,10H2,1-2H3,(H,18,19)(H,15,16,20). The van der Waals surface area contributed by atoms with Gasteiger partial charge in [-0.2, -0.15) is 5.10 Å². The molecule has 20 heavy (non-hydrogen) atoms. The summed E-state index contributed by atoms with van der Waals surface area (Å²) in [7, 11) is 0. The van der Waals surface area contributed by atoms with Gasteiger partial charge >= 0.3 is 0 Å². The van der Waals surface area contributed by atoms with Crippen LogP contribution in [0.3, 0.4) is 0 Å². The van der Waals surface area contributed by atoms with Crippen LogP contribution in [-0.4, -0.2) is 22.5 Å². The molecule has 1 aromatic rings. The molecule has 0 aliphatic carbocycles. The molecular formula is C14H20N4O2. The minimum absolute atomic E-state index is 0.116. The van der Waals surface area contributed by atoms with Crippen LogP contribution in [0.2, 0.25) is 0 Å². The van der Waals surface area contributed by atoms with Crippen LogP contribution in [0.4, 0.5) is 5.82 Å². The van der Waals surface area contributed by atoms with Crippen molar-refractivity contribution < 1.29 is 9.59 Å². The van der Waals surface area contributed by atoms with Gasteiger partial charge < -0.3 is 5.32 Å². The summed E-state index contributed by atoms with van der Waals surface area (Å²) >= 11 is 0. The van der Waals surface area contributed by atoms with Crippen molar-refractivity contribution in [3.8, 4) is 0 Å². The third-order valence-corrected chi connectivity index (χ3v) is 2.48. The molecule has 6 heteroatoms. The zero-order valence-electron chi connectivity index (χ0n) is 11.8. The largest absolute Gasteiger partial charge is 0.310 e. The summed E-state index contributed by atoms with van der Waals surface area (Å²) in [4.78, 5) is 27.0. The van der Waals surface area contributed by atoms with Gasteiger partial charge in [-0.1, -0.05) is 19.4 Å². The van der Waals surface area contributed by atoms with Crippen LogP contribution in [0, 0.1) is 0 Å². The second-order valence-corrected chi connectivity index (χ2v) is 4.43. The van der Waals surface area contributed by atoms with Gasteiger partial charge in [0.2, 0.25) is 11.8 Å². The summed E-state index contributed by atoms with van der Waals surface area (Å²) in [5.74, 6) is 0.154. The quantitative estimate of drug-likeness (QED) is 0.591. The Hall–Kier alpha value is -2.24. The first kappa shape index (κ1) is 15.8. The van der Waals surface area contributed by atoms with Crippen molar-refractivity contribution in [1.82, 2.24) is 10.4 Å². The first-order valence-electron chi connectivity index (χ1n) is 6.64. The van der Waals surface area contributed by atoms with Crippen molar-refractivity contribution in [2.24, 2.45) is 5.10 Å². The predicted molar refractivity (Wildman–Crippen MR) is 78.3 cm³/mol. The Morgan fingerprint density at radius 3 is 2.75 bits per heavy atom. The fraction of sp³-hybridized carbons (Fsp3) is 0.429. The summed E-state index contributed by atoms with van der Waals surface area (Å²) in [6.07, 6.45) is 3.96. The molecule has 0 saturated carbocycles. The van der Waals surface area contributed by atoms with Crippen molar-refractivity contribution >= 4 is 23.3 Å². The third-order valence-electron chi connectivity index (χ3n) is 2.48. The molecule has 0 fully saturated rings. The Kier molecular flexibility index (Phi) is 6.95. The first-order chi connectivity index (χ1) is 9.61. The number of anilines is 1. The number of rotatable bonds is 7. The number of nitrogens with one attached hydrogen (secondary N) is 2. The van der Waals surface area contributed by atoms with Gasteiger partial charge in [-0.15, -0.1) is 0 Å². The van der Waals surface area contributed by atoms with Gasteiger partial charge in [0.15, 0.2) is 0 Å². The summed E-state index contributed by atoms with van der Waals surface area (Å²) in [6, 6.07) is 5.27. The minimum atomic E-state index is -0.215. The number of carbonyl (C=O) groups is 2. The Labute approximate surface area is 118 Å². The summed E-state index contributed by atoms with van der Waals surface area (Å²) in [5.41, 5.74) is 2.98. The second-order valence-electron chi connectivity index (χ2n) is 4.43. The van der Waals surface area contributed by atoms with E-state index >= 15 is 0 Å². The zero-order chi connectivity index (χ0) is 14.8. The molecule has 6 nitrogen and oxygen atoms in total. The van der Waals surface area contributed by atoms with Gasteiger partial charge in [0.25, 0.3) is 0 Å². The van der Waals surface area contributed by atoms with E-state index in [1.54, 1.807) is 31.3 Å². The van der Waals surface area contributed by atoms with Crippen molar-refractivity contribution in [3.63, 3.8) is 0 Å². The number of hydrazone groups is 1. The lowest BCUT2D eigenvalue weighted by atomic mass is 10.2. The van der Waals surface area contributed by atoms with E-state index in [4.69, 9.17) is 0 Å². The maximum absolute atomic E-state index is 11.7. The van der Waals surface area contributed by atoms with Gasteiger partial charge in [0.1, 0.15) is 5.82 Å². The number of hydrogen-bond acceptors (Lipinski definition) is 4. The molecule has 0 bridgehead atoms. The number of unbranched alkanes of at least 4 members (excludes halogenated alkanes) is 1. The highest BCUT2D eigenvalue weighted by atomic mass is 16.2. The van der Waals surface area contributed by atoms with Gasteiger partial charge in [-0.05, 0) is 25.5 Å². The molecule has 1 heterocycles. The van der Waals surface area contributed by atoms with Crippen LogP contribution < -0.4 is 10.7 Å². The monoisotopic (exact) mass is 276 g/mol. The molecule has 0 spiro atoms. The lowest BCUT2D eigenvalue weighted by Gasteiger charge is -2.04. The summed E-state index contributed by atoms with van der Waals surface area (Å²) in [5, 5.41) is 6.55. The van der Waals surface area contributed by atoms with E-state index in [-0.39, 0.29) is 18.2 Å². The van der Waals surface area contributed by atoms with E-state index in [0.717, 1.165) is 12.8 Å². The maximum atomic E-state index is 11.7. The van der Waals surface area contributed by atoms with E-state index in [0.29, 0.717) is 18.0 Å². The molecule has 0 radical (unpaired) electrons. The second kappa shape index (κ2) is 8.79. The van der Waals surface area contributed by atoms with Gasteiger partial charge in [-0.3, -0.25) is 9.59 Å². The van der Waals surface area contributed by atoms with Crippen LogP contribution in [0.1, 0.15) is 39.5 Å². The summed E-state index contributed by atoms with van der Waals surface area (Å²) in [6.45, 7) is 3.71. The van der Waals surface area contributed by atoms with Crippen LogP contribution in [0.15, 0.2) is 29.5 Å². The Morgan fingerprint density at radius 2 is 2.10 bits per heavy atom. The molecule has 0 aromatic carbocycles. The average Bonchev–Trinajstić information content (AvgIpc) is 2.43. The van der Waals surface area contributed by atoms with Gasteiger partial charge in [-0.25, -0.2) is 10.4 Å². The molecule has 108 valence electrons. The number of pyridine rings is 1. The molecule has 0 aliphatic rings. The molecular weight excluding hydrogens is 256 g/mol. The number of hydrogen-bond donors (Lipinski definition) is 2. The van der Waals surface area contributed by atoms with Crippen molar-refractivity contribution in [2.75, 3.05) is 5.32 Å². The van der Waals surface area contributed by atoms with Crippen molar-refractivity contribution in [1.29, 1.82) is 0 Å². The lowest BCUT2D eigenvalue weighted by Crippen LogP contribution is -2.21. The number of carbonyl (C=O) groups excluding carboxylic acids is 2. The van der Waals surface area contributed by atoms with Crippen LogP contribution in [0.5, 0.6) is 0 Å². The maximum Gasteiger partial charge on any atom is 0.240 e. The van der Waals surface area contributed by atoms with Crippen molar-refractivity contribution in [3.05, 3.63) is 24.4 Å². The molecule has 0 atom stereocenters. The third kappa shape index (κ3) is 6.63. The molecule has 0 aliphatic heterocycles. The highest BCUT2D eigenvalue weighted by molar-refractivity contribution is 6.05. The number of aromatic nitrogens is 1.